The largest absolute Gasteiger partial charge is 0.389 e. The van der Waals surface area contributed by atoms with Gasteiger partial charge in [0.1, 0.15) is 0 Å². The summed E-state index contributed by atoms with van der Waals surface area (Å²) in [6.07, 6.45) is 6.99. The number of hydrogen-bond donors (Lipinski definition) is 2. The Balaban J connectivity index is 2.21. The van der Waals surface area contributed by atoms with Crippen LogP contribution in [0, 0.1) is 16.7 Å². The first-order chi connectivity index (χ1) is 7.37. The molecule has 2 heteroatoms. The molecule has 0 aromatic heterocycles. The first kappa shape index (κ1) is 12.4. The summed E-state index contributed by atoms with van der Waals surface area (Å²) in [4.78, 5) is 0. The quantitative estimate of drug-likeness (QED) is 0.775. The Labute approximate surface area is 99.6 Å². The van der Waals surface area contributed by atoms with Crippen LogP contribution in [-0.2, 0) is 0 Å². The van der Waals surface area contributed by atoms with Gasteiger partial charge in [0.2, 0.25) is 0 Å². The van der Waals surface area contributed by atoms with E-state index in [1.165, 1.54) is 12.8 Å². The van der Waals surface area contributed by atoms with Gasteiger partial charge in [-0.1, -0.05) is 26.7 Å². The van der Waals surface area contributed by atoms with Crippen molar-refractivity contribution in [2.75, 3.05) is 6.54 Å². The molecule has 2 saturated carbocycles. The number of hydrogen-bond acceptors (Lipinski definition) is 2. The highest BCUT2D eigenvalue weighted by Crippen LogP contribution is 2.62. The molecule has 0 aliphatic heterocycles. The number of rotatable bonds is 3. The van der Waals surface area contributed by atoms with Gasteiger partial charge < -0.3 is 10.8 Å². The highest BCUT2D eigenvalue weighted by molar-refractivity contribution is 5.12. The van der Waals surface area contributed by atoms with Gasteiger partial charge >= 0.3 is 0 Å². The molecular formula is C14H27NO. The zero-order valence-corrected chi connectivity index (χ0v) is 11.1. The Morgan fingerprint density at radius 1 is 1.25 bits per heavy atom. The average molecular weight is 225 g/mol. The summed E-state index contributed by atoms with van der Waals surface area (Å²) >= 11 is 0. The molecule has 3 N–H and O–H groups in total. The van der Waals surface area contributed by atoms with Crippen molar-refractivity contribution < 1.29 is 5.11 Å². The van der Waals surface area contributed by atoms with Gasteiger partial charge in [0.25, 0.3) is 0 Å². The third kappa shape index (κ3) is 1.62. The van der Waals surface area contributed by atoms with Crippen molar-refractivity contribution in [3.63, 3.8) is 0 Å². The van der Waals surface area contributed by atoms with Gasteiger partial charge in [0, 0.05) is 12.0 Å². The third-order valence-corrected chi connectivity index (χ3v) is 5.83. The fourth-order valence-electron chi connectivity index (χ4n) is 3.52. The summed E-state index contributed by atoms with van der Waals surface area (Å²) in [5.74, 6) is 0.808. The van der Waals surface area contributed by atoms with Crippen molar-refractivity contribution in [1.29, 1.82) is 0 Å². The normalized spacial score (nSPS) is 41.4. The molecule has 0 saturated heterocycles. The van der Waals surface area contributed by atoms with E-state index in [1.54, 1.807) is 0 Å². The Bertz CT molecular complexity index is 260. The summed E-state index contributed by atoms with van der Waals surface area (Å²) in [5.41, 5.74) is 5.57. The van der Waals surface area contributed by atoms with Crippen LogP contribution in [0.5, 0.6) is 0 Å². The highest BCUT2D eigenvalue weighted by atomic mass is 16.3. The zero-order chi connectivity index (χ0) is 12.0. The second kappa shape index (κ2) is 3.71. The molecule has 2 aliphatic carbocycles. The SMILES string of the molecule is CC1CCC(CN)(C(C)(O)C2(C)CC2)CC1. The predicted octanol–water partition coefficient (Wildman–Crippen LogP) is 2.69. The van der Waals surface area contributed by atoms with Crippen LogP contribution < -0.4 is 5.73 Å². The van der Waals surface area contributed by atoms with E-state index in [4.69, 9.17) is 5.73 Å². The minimum atomic E-state index is -0.575. The second-order valence-electron chi connectivity index (χ2n) is 6.80. The van der Waals surface area contributed by atoms with E-state index in [2.05, 4.69) is 13.8 Å². The predicted molar refractivity (Wildman–Crippen MR) is 67.1 cm³/mol. The molecule has 0 heterocycles. The van der Waals surface area contributed by atoms with Crippen LogP contribution in [0.4, 0.5) is 0 Å². The summed E-state index contributed by atoms with van der Waals surface area (Å²) in [6, 6.07) is 0. The molecule has 1 atom stereocenters. The van der Waals surface area contributed by atoms with E-state index in [0.717, 1.165) is 31.6 Å². The van der Waals surface area contributed by atoms with Crippen LogP contribution in [-0.4, -0.2) is 17.3 Å². The zero-order valence-electron chi connectivity index (χ0n) is 11.1. The molecule has 2 nitrogen and oxygen atoms in total. The van der Waals surface area contributed by atoms with Crippen LogP contribution in [0.3, 0.4) is 0 Å². The highest BCUT2D eigenvalue weighted by Gasteiger charge is 2.61. The van der Waals surface area contributed by atoms with Gasteiger partial charge in [0.05, 0.1) is 5.60 Å². The van der Waals surface area contributed by atoms with Crippen molar-refractivity contribution in [2.24, 2.45) is 22.5 Å². The van der Waals surface area contributed by atoms with E-state index >= 15 is 0 Å². The molecule has 0 amide bonds. The summed E-state index contributed by atoms with van der Waals surface area (Å²) in [6.45, 7) is 7.22. The lowest BCUT2D eigenvalue weighted by Crippen LogP contribution is -2.56. The van der Waals surface area contributed by atoms with Crippen molar-refractivity contribution in [1.82, 2.24) is 0 Å². The fraction of sp³-hybridized carbons (Fsp3) is 1.00. The fourth-order valence-corrected chi connectivity index (χ4v) is 3.52. The molecular weight excluding hydrogens is 198 g/mol. The summed E-state index contributed by atoms with van der Waals surface area (Å²) in [5, 5.41) is 11.0. The van der Waals surface area contributed by atoms with E-state index in [9.17, 15) is 5.11 Å². The van der Waals surface area contributed by atoms with Crippen LogP contribution >= 0.6 is 0 Å². The maximum Gasteiger partial charge on any atom is 0.0741 e. The monoisotopic (exact) mass is 225 g/mol. The van der Waals surface area contributed by atoms with Crippen molar-refractivity contribution >= 4 is 0 Å². The standard InChI is InChI=1S/C14H27NO/c1-11-4-6-14(10-15,7-5-11)13(3,16)12(2)8-9-12/h11,16H,4-10,15H2,1-3H3. The van der Waals surface area contributed by atoms with Crippen molar-refractivity contribution in [2.45, 2.75) is 64.9 Å². The first-order valence-corrected chi connectivity index (χ1v) is 6.79. The lowest BCUT2D eigenvalue weighted by molar-refractivity contribution is -0.135. The average Bonchev–Trinajstić information content (AvgIpc) is 2.99. The molecule has 2 aliphatic rings. The molecule has 0 spiro atoms. The van der Waals surface area contributed by atoms with Gasteiger partial charge in [-0.3, -0.25) is 0 Å². The molecule has 1 unspecified atom stereocenters. The smallest absolute Gasteiger partial charge is 0.0741 e. The molecule has 0 aromatic carbocycles. The van der Waals surface area contributed by atoms with Crippen molar-refractivity contribution in [3.05, 3.63) is 0 Å². The lowest BCUT2D eigenvalue weighted by Gasteiger charge is -2.52. The van der Waals surface area contributed by atoms with E-state index in [0.29, 0.717) is 6.54 Å². The maximum absolute atomic E-state index is 11.0. The van der Waals surface area contributed by atoms with Crippen LogP contribution in [0.1, 0.15) is 59.3 Å². The number of nitrogens with two attached hydrogens (primary N) is 1. The van der Waals surface area contributed by atoms with Gasteiger partial charge in [-0.15, -0.1) is 0 Å². The Kier molecular flexibility index (Phi) is 2.87. The van der Waals surface area contributed by atoms with Gasteiger partial charge in [0.15, 0.2) is 0 Å². The van der Waals surface area contributed by atoms with Crippen molar-refractivity contribution in [3.8, 4) is 0 Å². The molecule has 2 fully saturated rings. The Hall–Kier alpha value is -0.0800. The van der Waals surface area contributed by atoms with E-state index < -0.39 is 5.60 Å². The summed E-state index contributed by atoms with van der Waals surface area (Å²) < 4.78 is 0. The second-order valence-corrected chi connectivity index (χ2v) is 6.80. The number of aliphatic hydroxyl groups is 1. The molecule has 94 valence electrons. The van der Waals surface area contributed by atoms with E-state index in [1.807, 2.05) is 6.92 Å². The summed E-state index contributed by atoms with van der Waals surface area (Å²) in [7, 11) is 0. The van der Waals surface area contributed by atoms with Gasteiger partial charge in [-0.2, -0.15) is 0 Å². The minimum Gasteiger partial charge on any atom is -0.389 e. The van der Waals surface area contributed by atoms with Gasteiger partial charge in [-0.05, 0) is 43.9 Å². The topological polar surface area (TPSA) is 46.2 Å². The molecule has 16 heavy (non-hydrogen) atoms. The first-order valence-electron chi connectivity index (χ1n) is 6.79. The van der Waals surface area contributed by atoms with Crippen LogP contribution in [0.15, 0.2) is 0 Å². The Morgan fingerprint density at radius 2 is 1.75 bits per heavy atom. The minimum absolute atomic E-state index is 0.0231. The maximum atomic E-state index is 11.0. The molecule has 0 aromatic rings. The third-order valence-electron chi connectivity index (χ3n) is 5.83. The van der Waals surface area contributed by atoms with Crippen LogP contribution in [0.2, 0.25) is 0 Å². The van der Waals surface area contributed by atoms with Crippen LogP contribution in [0.25, 0.3) is 0 Å². The molecule has 0 bridgehead atoms. The molecule has 2 rings (SSSR count). The van der Waals surface area contributed by atoms with E-state index in [-0.39, 0.29) is 10.8 Å². The van der Waals surface area contributed by atoms with Gasteiger partial charge in [-0.25, -0.2) is 0 Å². The Morgan fingerprint density at radius 3 is 2.12 bits per heavy atom. The lowest BCUT2D eigenvalue weighted by atomic mass is 9.57. The molecule has 0 radical (unpaired) electrons.